The summed E-state index contributed by atoms with van der Waals surface area (Å²) in [5.74, 6) is 1.02. The molecule has 1 heterocycles. The van der Waals surface area contributed by atoms with Gasteiger partial charge in [0.25, 0.3) is 0 Å². The number of hydrogen-bond donors (Lipinski definition) is 1. The van der Waals surface area contributed by atoms with Gasteiger partial charge in [-0.2, -0.15) is 0 Å². The molecule has 1 aliphatic rings. The van der Waals surface area contributed by atoms with Gasteiger partial charge in [0, 0.05) is 29.6 Å². The fourth-order valence-corrected chi connectivity index (χ4v) is 4.28. The lowest BCUT2D eigenvalue weighted by Crippen LogP contribution is -2.46. The summed E-state index contributed by atoms with van der Waals surface area (Å²) in [5, 5.41) is 10.8. The van der Waals surface area contributed by atoms with Crippen molar-refractivity contribution in [2.75, 3.05) is 33.9 Å². The molecule has 4 nitrogen and oxygen atoms in total. The van der Waals surface area contributed by atoms with E-state index < -0.39 is 0 Å². The maximum atomic E-state index is 13.2. The zero-order chi connectivity index (χ0) is 20.1. The standard InChI is InChI=1S/C22H27ClFNO3/c1-27-20-10-17(19(23)11-21(20)28-2)13-25-9-3-8-22(14-25,15-26)12-16-4-6-18(24)7-5-16/h4-7,10-11,26H,3,8-9,12-15H2,1-2H3. The maximum Gasteiger partial charge on any atom is 0.162 e. The van der Waals surface area contributed by atoms with Crippen molar-refractivity contribution >= 4 is 11.6 Å². The number of aliphatic hydroxyl groups is 1. The van der Waals surface area contributed by atoms with E-state index in [1.54, 1.807) is 32.4 Å². The first-order valence-electron chi connectivity index (χ1n) is 9.47. The highest BCUT2D eigenvalue weighted by atomic mass is 35.5. The Bertz CT molecular complexity index is 799. The second-order valence-corrected chi connectivity index (χ2v) is 7.98. The Morgan fingerprint density at radius 2 is 1.82 bits per heavy atom. The third-order valence-electron chi connectivity index (χ3n) is 5.51. The monoisotopic (exact) mass is 407 g/mol. The number of piperidine rings is 1. The van der Waals surface area contributed by atoms with E-state index >= 15 is 0 Å². The van der Waals surface area contributed by atoms with Crippen LogP contribution in [0, 0.1) is 11.2 Å². The number of likely N-dealkylation sites (tertiary alicyclic amines) is 1. The second-order valence-electron chi connectivity index (χ2n) is 7.57. The zero-order valence-corrected chi connectivity index (χ0v) is 17.1. The first-order valence-corrected chi connectivity index (χ1v) is 9.84. The molecule has 0 spiro atoms. The van der Waals surface area contributed by atoms with Crippen molar-refractivity contribution in [3.05, 3.63) is 58.4 Å². The molecule has 1 fully saturated rings. The van der Waals surface area contributed by atoms with Crippen LogP contribution in [0.5, 0.6) is 11.5 Å². The van der Waals surface area contributed by atoms with E-state index in [-0.39, 0.29) is 17.8 Å². The molecule has 1 N–H and O–H groups in total. The van der Waals surface area contributed by atoms with E-state index in [1.807, 2.05) is 6.07 Å². The summed E-state index contributed by atoms with van der Waals surface area (Å²) in [6.07, 6.45) is 2.66. The Morgan fingerprint density at radius 1 is 1.14 bits per heavy atom. The van der Waals surface area contributed by atoms with Gasteiger partial charge >= 0.3 is 0 Å². The lowest BCUT2D eigenvalue weighted by Gasteiger charge is -2.42. The van der Waals surface area contributed by atoms with Crippen molar-refractivity contribution in [2.45, 2.75) is 25.8 Å². The molecular formula is C22H27ClFNO3. The molecule has 1 unspecified atom stereocenters. The highest BCUT2D eigenvalue weighted by molar-refractivity contribution is 6.31. The van der Waals surface area contributed by atoms with Crippen LogP contribution >= 0.6 is 11.6 Å². The fraction of sp³-hybridized carbons (Fsp3) is 0.455. The van der Waals surface area contributed by atoms with Gasteiger partial charge in [-0.25, -0.2) is 4.39 Å². The van der Waals surface area contributed by atoms with Crippen molar-refractivity contribution in [2.24, 2.45) is 5.41 Å². The van der Waals surface area contributed by atoms with Crippen LogP contribution in [-0.2, 0) is 13.0 Å². The summed E-state index contributed by atoms with van der Waals surface area (Å²) in [7, 11) is 3.19. The van der Waals surface area contributed by atoms with Crippen molar-refractivity contribution in [1.29, 1.82) is 0 Å². The van der Waals surface area contributed by atoms with Gasteiger partial charge in [-0.1, -0.05) is 23.7 Å². The number of aliphatic hydroxyl groups excluding tert-OH is 1. The van der Waals surface area contributed by atoms with E-state index in [2.05, 4.69) is 4.90 Å². The lowest BCUT2D eigenvalue weighted by atomic mass is 9.75. The Morgan fingerprint density at radius 3 is 2.46 bits per heavy atom. The number of halogens is 2. The molecule has 0 aliphatic carbocycles. The van der Waals surface area contributed by atoms with Crippen molar-refractivity contribution < 1.29 is 19.0 Å². The summed E-state index contributed by atoms with van der Waals surface area (Å²) in [6, 6.07) is 10.2. The van der Waals surface area contributed by atoms with Gasteiger partial charge in [0.2, 0.25) is 0 Å². The predicted molar refractivity (Wildman–Crippen MR) is 109 cm³/mol. The molecule has 0 radical (unpaired) electrons. The molecular weight excluding hydrogens is 381 g/mol. The SMILES string of the molecule is COc1cc(Cl)c(CN2CCCC(CO)(Cc3ccc(F)cc3)C2)cc1OC. The smallest absolute Gasteiger partial charge is 0.162 e. The Kier molecular flexibility index (Phi) is 6.81. The number of benzene rings is 2. The minimum atomic E-state index is -0.241. The zero-order valence-electron chi connectivity index (χ0n) is 16.4. The lowest BCUT2D eigenvalue weighted by molar-refractivity contribution is 0.0288. The summed E-state index contributed by atoms with van der Waals surface area (Å²) in [5.41, 5.74) is 1.77. The Labute approximate surface area is 170 Å². The van der Waals surface area contributed by atoms with Crippen molar-refractivity contribution in [3.8, 4) is 11.5 Å². The normalized spacial score (nSPS) is 20.2. The van der Waals surface area contributed by atoms with E-state index in [0.29, 0.717) is 23.1 Å². The first kappa shape index (κ1) is 20.9. The molecule has 0 aromatic heterocycles. The topological polar surface area (TPSA) is 41.9 Å². The molecule has 152 valence electrons. The van der Waals surface area contributed by atoms with Gasteiger partial charge in [-0.3, -0.25) is 4.90 Å². The molecule has 1 atom stereocenters. The number of hydrogen-bond acceptors (Lipinski definition) is 4. The molecule has 2 aromatic rings. The average Bonchev–Trinajstić information content (AvgIpc) is 2.71. The van der Waals surface area contributed by atoms with Crippen molar-refractivity contribution in [3.63, 3.8) is 0 Å². The number of methoxy groups -OCH3 is 2. The van der Waals surface area contributed by atoms with E-state index in [9.17, 15) is 9.50 Å². The van der Waals surface area contributed by atoms with Crippen LogP contribution in [0.25, 0.3) is 0 Å². The van der Waals surface area contributed by atoms with Crippen LogP contribution in [0.1, 0.15) is 24.0 Å². The molecule has 0 amide bonds. The van der Waals surface area contributed by atoms with Crippen LogP contribution in [0.3, 0.4) is 0 Å². The van der Waals surface area contributed by atoms with Crippen LogP contribution in [0.4, 0.5) is 4.39 Å². The van der Waals surface area contributed by atoms with E-state index in [4.69, 9.17) is 21.1 Å². The van der Waals surface area contributed by atoms with E-state index in [1.165, 1.54) is 12.1 Å². The van der Waals surface area contributed by atoms with Gasteiger partial charge in [0.1, 0.15) is 5.82 Å². The third-order valence-corrected chi connectivity index (χ3v) is 5.87. The molecule has 6 heteroatoms. The Balaban J connectivity index is 1.76. The van der Waals surface area contributed by atoms with Crippen LogP contribution in [0.15, 0.2) is 36.4 Å². The summed E-state index contributed by atoms with van der Waals surface area (Å²) < 4.78 is 23.9. The van der Waals surface area contributed by atoms with Crippen molar-refractivity contribution in [1.82, 2.24) is 4.90 Å². The number of ether oxygens (including phenoxy) is 2. The molecule has 3 rings (SSSR count). The first-order chi connectivity index (χ1) is 13.5. The van der Waals surface area contributed by atoms with Gasteiger partial charge in [0.15, 0.2) is 11.5 Å². The number of rotatable bonds is 7. The largest absolute Gasteiger partial charge is 0.493 e. The number of nitrogens with zero attached hydrogens (tertiary/aromatic N) is 1. The summed E-state index contributed by atoms with van der Waals surface area (Å²) in [4.78, 5) is 2.32. The van der Waals surface area contributed by atoms with Crippen LogP contribution in [-0.4, -0.2) is 43.9 Å². The molecule has 2 aromatic carbocycles. The van der Waals surface area contributed by atoms with Crippen LogP contribution < -0.4 is 9.47 Å². The molecule has 0 saturated carbocycles. The highest BCUT2D eigenvalue weighted by Gasteiger charge is 2.35. The maximum absolute atomic E-state index is 13.2. The fourth-order valence-electron chi connectivity index (χ4n) is 4.07. The summed E-state index contributed by atoms with van der Waals surface area (Å²) in [6.45, 7) is 2.46. The van der Waals surface area contributed by atoms with E-state index in [0.717, 1.165) is 43.5 Å². The Hall–Kier alpha value is -1.82. The summed E-state index contributed by atoms with van der Waals surface area (Å²) >= 11 is 6.46. The quantitative estimate of drug-likeness (QED) is 0.742. The van der Waals surface area contributed by atoms with Crippen LogP contribution in [0.2, 0.25) is 5.02 Å². The van der Waals surface area contributed by atoms with Gasteiger partial charge in [0.05, 0.1) is 20.8 Å². The molecule has 28 heavy (non-hydrogen) atoms. The molecule has 0 bridgehead atoms. The second kappa shape index (κ2) is 9.12. The predicted octanol–water partition coefficient (Wildman–Crippen LogP) is 4.31. The van der Waals surface area contributed by atoms with Gasteiger partial charge in [-0.15, -0.1) is 0 Å². The van der Waals surface area contributed by atoms with Gasteiger partial charge in [-0.05, 0) is 55.1 Å². The molecule has 1 aliphatic heterocycles. The average molecular weight is 408 g/mol. The minimum Gasteiger partial charge on any atom is -0.493 e. The van der Waals surface area contributed by atoms with Gasteiger partial charge < -0.3 is 14.6 Å². The minimum absolute atomic E-state index is 0.0978. The third kappa shape index (κ3) is 4.77. The highest BCUT2D eigenvalue weighted by Crippen LogP contribution is 2.37. The molecule has 1 saturated heterocycles.